The zero-order valence-electron chi connectivity index (χ0n) is 73.1. The molecule has 0 bridgehead atoms. The molecule has 0 fully saturated rings. The Bertz CT molecular complexity index is 4120. The molecule has 0 unspecified atom stereocenters. The van der Waals surface area contributed by atoms with Crippen molar-refractivity contribution in [1.82, 2.24) is 89.7 Å². The third-order valence-corrected chi connectivity index (χ3v) is 21.8. The first kappa shape index (κ1) is 107. The van der Waals surface area contributed by atoms with Gasteiger partial charge in [0.25, 0.3) is 5.69 Å². The number of aromatic amines is 1. The highest BCUT2D eigenvalue weighted by molar-refractivity contribution is 8.76. The molecule has 0 aliphatic carbocycles. The van der Waals surface area contributed by atoms with Crippen LogP contribution in [0.15, 0.2) is 53.8 Å². The number of hydrogen-bond acceptors (Lipinski definition) is 25. The lowest BCUT2D eigenvalue weighted by molar-refractivity contribution is -0.385. The topological polar surface area (TPSA) is 641 Å². The molecule has 124 heavy (non-hydrogen) atoms. The Morgan fingerprint density at radius 1 is 0.411 bits per heavy atom. The Kier molecular flexibility index (Phi) is 47.9. The van der Waals surface area contributed by atoms with Crippen LogP contribution in [0.2, 0.25) is 0 Å². The van der Waals surface area contributed by atoms with E-state index in [1.54, 1.807) is 58.2 Å². The molecule has 15 amide bonds. The fourth-order valence-corrected chi connectivity index (χ4v) is 14.4. The highest BCUT2D eigenvalue weighted by atomic mass is 33.1. The number of nitrogens with two attached hydrogens (primary N) is 3. The van der Waals surface area contributed by atoms with Crippen LogP contribution in [0.25, 0.3) is 10.9 Å². The molecule has 43 heteroatoms. The number of carbonyl (C=O) groups is 17. The molecule has 0 saturated carbocycles. The lowest BCUT2D eigenvalue weighted by Gasteiger charge is -2.28. The summed E-state index contributed by atoms with van der Waals surface area (Å²) >= 11 is 0. The van der Waals surface area contributed by atoms with E-state index in [2.05, 4.69) is 89.7 Å². The second-order valence-corrected chi connectivity index (χ2v) is 34.3. The SMILES string of the molecule is CC(=O)N[C@@H](CSSc1ccc([N+](=O)[O-])cn1)C(=O)N[C@@H](Cc1c[nH]c2ccccc12)C(=O)N[C@@H](CCC(=O)O)C(=O)N[C@@H](C)C(=O)N[C@@H](CCCCN)C(=O)N[C@@H](CC(C)C)C(=O)N[C@@H](C)C(=O)N[C@@H](CCCCN)C(=O)N[C@@H](C)C(=O)N[C@@H](CC(C)C)C(=O)N[C@@H](C)C(=O)N[C@@H](CCCCN)C(=O)N[C@@H](C)C(=O)N[C@@H](CC(C)C)C(=O)N[C@@H](C)C(C)=O. The van der Waals surface area contributed by atoms with Crippen LogP contribution in [0, 0.1) is 27.9 Å². The van der Waals surface area contributed by atoms with Gasteiger partial charge in [0.1, 0.15) is 95.8 Å². The molecule has 0 aliphatic heterocycles. The number of carbonyl (C=O) groups excluding carboxylic acids is 16. The maximum atomic E-state index is 14.6. The molecule has 1 aromatic carbocycles. The molecule has 0 spiro atoms. The number of H-pyrrole nitrogens is 1. The number of nitrogens with one attached hydrogen (secondary N) is 16. The standard InChI is InChI=1S/C81H129N21O20S2/c1-42(2)35-61(77(116)87-45(7)51(13)103)98-71(110)49(11)88-73(112)57(25-17-20-32-82)94-69(108)47(9)91-78(117)62(36-43(3)4)99-72(111)50(12)89-74(113)58(26-18-21-33-83)95-70(109)48(10)92-79(118)63(37-44(5)6)100-76(115)59(27-19-22-34-84)96-68(107)46(8)90-75(114)60(29-31-67(105)106)97-80(119)64(38-53-39-85-56-24-16-15-23-55(53)56)101-81(120)65(93-52(14)104)41-123-124-66-30-28-54(40-86-66)102(121)122/h15-16,23-24,28,30,39-40,42-50,57-65,85H,17-22,25-27,29,31-38,41,82-84H2,1-14H3,(H,87,116)(H,88,112)(H,89,113)(H,90,114)(H,91,117)(H,92,118)(H,93,104)(H,94,108)(H,95,109)(H,96,107)(H,97,119)(H,98,110)(H,99,111)(H,100,115)(H,101,120)(H,105,106)/t45-,46-,47-,48-,49-,50-,57-,58-,59-,60-,61-,62-,63-,64-,65-/m0/s1. The van der Waals surface area contributed by atoms with Gasteiger partial charge < -0.3 is 107 Å². The highest BCUT2D eigenvalue weighted by Crippen LogP contribution is 2.31. The number of carboxylic acid groups (broad SMARTS) is 1. The summed E-state index contributed by atoms with van der Waals surface area (Å²) in [4.78, 5) is 250. The number of nitrogens with zero attached hydrogens (tertiary/aromatic N) is 2. The number of ketones is 1. The Labute approximate surface area is 730 Å². The monoisotopic (exact) mass is 1780 g/mol. The number of aliphatic carboxylic acids is 1. The second-order valence-electron chi connectivity index (χ2n) is 32.0. The zero-order chi connectivity index (χ0) is 93.2. The normalized spacial score (nSPS) is 14.9. The quantitative estimate of drug-likeness (QED) is 0.0151. The number of carboxylic acids is 1. The molecule has 690 valence electrons. The van der Waals surface area contributed by atoms with Crippen molar-refractivity contribution < 1.29 is 91.5 Å². The number of unbranched alkanes of at least 4 members (excludes halogenated alkanes) is 3. The van der Waals surface area contributed by atoms with E-state index in [0.29, 0.717) is 53.6 Å². The Morgan fingerprint density at radius 3 is 1.10 bits per heavy atom. The molecule has 3 aromatic rings. The summed E-state index contributed by atoms with van der Waals surface area (Å²) < 4.78 is 0. The molecular weight excluding hydrogens is 1650 g/mol. The van der Waals surface area contributed by atoms with E-state index in [9.17, 15) is 96.7 Å². The van der Waals surface area contributed by atoms with Crippen molar-refractivity contribution in [1.29, 1.82) is 0 Å². The summed E-state index contributed by atoms with van der Waals surface area (Å²) in [6.45, 7) is 22.0. The number of benzene rings is 1. The van der Waals surface area contributed by atoms with Gasteiger partial charge in [0.2, 0.25) is 88.6 Å². The van der Waals surface area contributed by atoms with Crippen LogP contribution in [-0.4, -0.2) is 236 Å². The van der Waals surface area contributed by atoms with Gasteiger partial charge in [0, 0.05) is 48.7 Å². The summed E-state index contributed by atoms with van der Waals surface area (Å²) in [7, 11) is 2.12. The fourth-order valence-electron chi connectivity index (χ4n) is 12.4. The van der Waals surface area contributed by atoms with Crippen molar-refractivity contribution in [3.05, 3.63) is 64.5 Å². The van der Waals surface area contributed by atoms with Gasteiger partial charge in [-0.25, -0.2) is 4.98 Å². The number of hydrogen-bond donors (Lipinski definition) is 20. The van der Waals surface area contributed by atoms with Crippen LogP contribution in [0.4, 0.5) is 5.69 Å². The van der Waals surface area contributed by atoms with Crippen LogP contribution >= 0.6 is 21.6 Å². The predicted molar refractivity (Wildman–Crippen MR) is 465 cm³/mol. The van der Waals surface area contributed by atoms with E-state index >= 15 is 0 Å². The van der Waals surface area contributed by atoms with E-state index < -0.39 is 203 Å². The average molecular weight is 1780 g/mol. The predicted octanol–water partition coefficient (Wildman–Crippen LogP) is -0.156. The Balaban J connectivity index is 1.78. The van der Waals surface area contributed by atoms with Gasteiger partial charge in [0.15, 0.2) is 5.78 Å². The molecule has 0 saturated heterocycles. The summed E-state index contributed by atoms with van der Waals surface area (Å²) in [6, 6.07) is -9.98. The van der Waals surface area contributed by atoms with Crippen molar-refractivity contribution in [3.8, 4) is 0 Å². The van der Waals surface area contributed by atoms with Gasteiger partial charge in [-0.3, -0.25) is 91.6 Å². The van der Waals surface area contributed by atoms with E-state index in [0.717, 1.165) is 27.8 Å². The average Bonchev–Trinajstić information content (AvgIpc) is 1.67. The summed E-state index contributed by atoms with van der Waals surface area (Å²) in [5.41, 5.74) is 18.3. The molecule has 3 rings (SSSR count). The van der Waals surface area contributed by atoms with Crippen molar-refractivity contribution in [3.63, 3.8) is 0 Å². The third-order valence-electron chi connectivity index (χ3n) is 19.5. The number of Topliss-reactive ketones (excluding diaryl/α,β-unsaturated/α-hetero) is 1. The van der Waals surface area contributed by atoms with E-state index in [-0.39, 0.29) is 106 Å². The van der Waals surface area contributed by atoms with Gasteiger partial charge in [-0.2, -0.15) is 0 Å². The molecule has 41 nitrogen and oxygen atoms in total. The van der Waals surface area contributed by atoms with E-state index in [1.165, 1.54) is 67.5 Å². The Hall–Kier alpha value is -10.9. The number of amides is 15. The van der Waals surface area contributed by atoms with Crippen molar-refractivity contribution in [2.24, 2.45) is 35.0 Å². The number of para-hydroxylation sites is 1. The van der Waals surface area contributed by atoms with Crippen LogP contribution < -0.4 is 97.0 Å². The molecule has 15 atom stereocenters. The van der Waals surface area contributed by atoms with Crippen LogP contribution in [0.3, 0.4) is 0 Å². The number of nitro groups is 1. The van der Waals surface area contributed by atoms with Gasteiger partial charge in [-0.05, 0) is 198 Å². The number of pyridine rings is 1. The summed E-state index contributed by atoms with van der Waals surface area (Å²) in [5.74, 6) is -14.6. The van der Waals surface area contributed by atoms with Crippen LogP contribution in [0.1, 0.15) is 192 Å². The van der Waals surface area contributed by atoms with Crippen molar-refractivity contribution >= 4 is 139 Å². The van der Waals surface area contributed by atoms with E-state index in [4.69, 9.17) is 17.2 Å². The molecule has 2 aromatic heterocycles. The molecular formula is C81H129N21O20S2. The van der Waals surface area contributed by atoms with Gasteiger partial charge in [-0.15, -0.1) is 0 Å². The Morgan fingerprint density at radius 2 is 0.742 bits per heavy atom. The lowest BCUT2D eigenvalue weighted by atomic mass is 10.0. The van der Waals surface area contributed by atoms with Gasteiger partial charge in [0.05, 0.1) is 11.0 Å². The number of aromatic nitrogens is 2. The maximum absolute atomic E-state index is 14.6. The minimum Gasteiger partial charge on any atom is -0.481 e. The minimum atomic E-state index is -1.67. The largest absolute Gasteiger partial charge is 0.481 e. The molecule has 2 heterocycles. The summed E-state index contributed by atoms with van der Waals surface area (Å²) in [5, 5.41) is 60.9. The number of rotatable bonds is 58. The van der Waals surface area contributed by atoms with Gasteiger partial charge in [-0.1, -0.05) is 70.5 Å². The lowest BCUT2D eigenvalue weighted by Crippen LogP contribution is -2.60. The number of fused-ring (bicyclic) bond motifs is 1. The smallest absolute Gasteiger partial charge is 0.303 e. The van der Waals surface area contributed by atoms with Crippen molar-refractivity contribution in [2.45, 2.75) is 289 Å². The zero-order valence-corrected chi connectivity index (χ0v) is 74.7. The highest BCUT2D eigenvalue weighted by Gasteiger charge is 2.38. The van der Waals surface area contributed by atoms with Gasteiger partial charge >= 0.3 is 5.97 Å². The third kappa shape index (κ3) is 39.3. The molecule has 0 aliphatic rings. The molecule has 23 N–H and O–H groups in total. The van der Waals surface area contributed by atoms with Crippen molar-refractivity contribution in [2.75, 3.05) is 25.4 Å². The first-order valence-electron chi connectivity index (χ1n) is 41.7. The first-order valence-corrected chi connectivity index (χ1v) is 44.0. The molecule has 0 radical (unpaired) electrons. The van der Waals surface area contributed by atoms with E-state index in [1.807, 2.05) is 13.8 Å². The first-order chi connectivity index (χ1) is 58.4. The summed E-state index contributed by atoms with van der Waals surface area (Å²) in [6.07, 6.45) is 3.72. The minimum absolute atomic E-state index is 0.00290. The fraction of sp³-hybridized carbons (Fsp3) is 0.630. The second kappa shape index (κ2) is 55.3. The van der Waals surface area contributed by atoms with Crippen LogP contribution in [0.5, 0.6) is 0 Å². The van der Waals surface area contributed by atoms with Crippen LogP contribution in [-0.2, 0) is 87.9 Å². The maximum Gasteiger partial charge on any atom is 0.303 e.